The highest BCUT2D eigenvalue weighted by atomic mass is 16.5. The van der Waals surface area contributed by atoms with Gasteiger partial charge >= 0.3 is 0 Å². The first kappa shape index (κ1) is 17.7. The first-order valence-corrected chi connectivity index (χ1v) is 8.03. The molecule has 1 aromatic carbocycles. The third kappa shape index (κ3) is 4.92. The van der Waals surface area contributed by atoms with Crippen molar-refractivity contribution in [2.75, 3.05) is 52.3 Å². The van der Waals surface area contributed by atoms with Crippen molar-refractivity contribution in [2.45, 2.75) is 12.8 Å². The van der Waals surface area contributed by atoms with E-state index < -0.39 is 5.41 Å². The highest BCUT2D eigenvalue weighted by Gasteiger charge is 2.38. The second-order valence-corrected chi connectivity index (χ2v) is 6.23. The van der Waals surface area contributed by atoms with Crippen LogP contribution in [0.4, 0.5) is 5.69 Å². The molecule has 2 rings (SSSR count). The maximum Gasteiger partial charge on any atom is 0.232 e. The fourth-order valence-corrected chi connectivity index (χ4v) is 2.53. The number of anilines is 1. The molecule has 0 spiro atoms. The van der Waals surface area contributed by atoms with Gasteiger partial charge in [0.1, 0.15) is 12.4 Å². The van der Waals surface area contributed by atoms with E-state index in [2.05, 4.69) is 10.2 Å². The lowest BCUT2D eigenvalue weighted by Crippen LogP contribution is -2.46. The number of hydrogen-bond acceptors (Lipinski definition) is 5. The SMILES string of the molecule is CN(C)CCOc1ccc(NC(=O)C2(CN)CCOCC2)cc1. The molecule has 0 aromatic heterocycles. The van der Waals surface area contributed by atoms with Gasteiger partial charge < -0.3 is 25.4 Å². The Morgan fingerprint density at radius 3 is 2.52 bits per heavy atom. The predicted molar refractivity (Wildman–Crippen MR) is 90.7 cm³/mol. The highest BCUT2D eigenvalue weighted by molar-refractivity contribution is 5.95. The molecule has 3 N–H and O–H groups in total. The number of likely N-dealkylation sites (N-methyl/N-ethyl adjacent to an activating group) is 1. The quantitative estimate of drug-likeness (QED) is 0.792. The van der Waals surface area contributed by atoms with Gasteiger partial charge in [-0.1, -0.05) is 0 Å². The zero-order chi connectivity index (χ0) is 16.7. The second-order valence-electron chi connectivity index (χ2n) is 6.23. The van der Waals surface area contributed by atoms with Crippen LogP contribution in [0.1, 0.15) is 12.8 Å². The van der Waals surface area contributed by atoms with Crippen LogP contribution in [0.15, 0.2) is 24.3 Å². The molecular formula is C17H27N3O3. The van der Waals surface area contributed by atoms with Gasteiger partial charge in [-0.05, 0) is 51.2 Å². The van der Waals surface area contributed by atoms with E-state index in [0.29, 0.717) is 39.2 Å². The van der Waals surface area contributed by atoms with E-state index in [0.717, 1.165) is 18.0 Å². The zero-order valence-electron chi connectivity index (χ0n) is 14.0. The molecule has 6 nitrogen and oxygen atoms in total. The summed E-state index contributed by atoms with van der Waals surface area (Å²) < 4.78 is 11.0. The van der Waals surface area contributed by atoms with Gasteiger partial charge in [0.2, 0.25) is 5.91 Å². The maximum absolute atomic E-state index is 12.6. The molecular weight excluding hydrogens is 294 g/mol. The van der Waals surface area contributed by atoms with Gasteiger partial charge in [0.15, 0.2) is 0 Å². The van der Waals surface area contributed by atoms with Crippen molar-refractivity contribution >= 4 is 11.6 Å². The Hall–Kier alpha value is -1.63. The number of hydrogen-bond donors (Lipinski definition) is 2. The van der Waals surface area contributed by atoms with Crippen LogP contribution in [-0.4, -0.2) is 57.8 Å². The predicted octanol–water partition coefficient (Wildman–Crippen LogP) is 1.32. The molecule has 0 atom stereocenters. The van der Waals surface area contributed by atoms with Gasteiger partial charge in [-0.3, -0.25) is 4.79 Å². The Morgan fingerprint density at radius 2 is 1.96 bits per heavy atom. The van der Waals surface area contributed by atoms with E-state index >= 15 is 0 Å². The lowest BCUT2D eigenvalue weighted by molar-refractivity contribution is -0.130. The summed E-state index contributed by atoms with van der Waals surface area (Å²) in [5.41, 5.74) is 6.10. The van der Waals surface area contributed by atoms with Gasteiger partial charge in [-0.25, -0.2) is 0 Å². The molecule has 0 saturated carbocycles. The lowest BCUT2D eigenvalue weighted by Gasteiger charge is -2.34. The van der Waals surface area contributed by atoms with Gasteiger partial charge in [0.05, 0.1) is 5.41 Å². The average Bonchev–Trinajstić information content (AvgIpc) is 2.56. The molecule has 0 radical (unpaired) electrons. The number of nitrogens with one attached hydrogen (secondary N) is 1. The second kappa shape index (κ2) is 8.29. The van der Waals surface area contributed by atoms with Gasteiger partial charge in [-0.15, -0.1) is 0 Å². The average molecular weight is 321 g/mol. The molecule has 6 heteroatoms. The van der Waals surface area contributed by atoms with E-state index in [1.807, 2.05) is 38.4 Å². The number of benzene rings is 1. The number of rotatable bonds is 7. The van der Waals surface area contributed by atoms with Crippen LogP contribution >= 0.6 is 0 Å². The largest absolute Gasteiger partial charge is 0.492 e. The summed E-state index contributed by atoms with van der Waals surface area (Å²) in [6.07, 6.45) is 1.34. The standard InChI is InChI=1S/C17H27N3O3/c1-20(2)9-12-23-15-5-3-14(4-6-15)19-16(21)17(13-18)7-10-22-11-8-17/h3-6H,7-13,18H2,1-2H3,(H,19,21). The van der Waals surface area contributed by atoms with Crippen molar-refractivity contribution in [1.29, 1.82) is 0 Å². The summed E-state index contributed by atoms with van der Waals surface area (Å²) in [5, 5.41) is 2.97. The van der Waals surface area contributed by atoms with Crippen molar-refractivity contribution in [3.63, 3.8) is 0 Å². The van der Waals surface area contributed by atoms with E-state index in [4.69, 9.17) is 15.2 Å². The zero-order valence-corrected chi connectivity index (χ0v) is 14.0. The summed E-state index contributed by atoms with van der Waals surface area (Å²) in [6.45, 7) is 3.01. The summed E-state index contributed by atoms with van der Waals surface area (Å²) in [7, 11) is 4.01. The monoisotopic (exact) mass is 321 g/mol. The van der Waals surface area contributed by atoms with Crippen LogP contribution in [0.25, 0.3) is 0 Å². The molecule has 23 heavy (non-hydrogen) atoms. The molecule has 128 valence electrons. The van der Waals surface area contributed by atoms with E-state index in [1.54, 1.807) is 0 Å². The Morgan fingerprint density at radius 1 is 1.30 bits per heavy atom. The molecule has 1 aliphatic rings. The van der Waals surface area contributed by atoms with Crippen molar-refractivity contribution < 1.29 is 14.3 Å². The molecule has 1 aromatic rings. The van der Waals surface area contributed by atoms with Gasteiger partial charge in [0, 0.05) is 32.0 Å². The fraction of sp³-hybridized carbons (Fsp3) is 0.588. The molecule has 0 bridgehead atoms. The summed E-state index contributed by atoms with van der Waals surface area (Å²) >= 11 is 0. The van der Waals surface area contributed by atoms with E-state index in [9.17, 15) is 4.79 Å². The minimum absolute atomic E-state index is 0.0235. The Bertz CT molecular complexity index is 496. The molecule has 0 unspecified atom stereocenters. The van der Waals surface area contributed by atoms with Crippen molar-refractivity contribution in [3.05, 3.63) is 24.3 Å². The molecule has 1 fully saturated rings. The van der Waals surface area contributed by atoms with Crippen LogP contribution in [0.3, 0.4) is 0 Å². The Kier molecular flexibility index (Phi) is 6.38. The minimum atomic E-state index is -0.515. The normalized spacial score (nSPS) is 17.0. The number of nitrogens with zero attached hydrogens (tertiary/aromatic N) is 1. The number of carbonyl (C=O) groups excluding carboxylic acids is 1. The van der Waals surface area contributed by atoms with Crippen LogP contribution in [0, 0.1) is 5.41 Å². The van der Waals surface area contributed by atoms with Crippen molar-refractivity contribution in [3.8, 4) is 5.75 Å². The fourth-order valence-electron chi connectivity index (χ4n) is 2.53. The topological polar surface area (TPSA) is 76.8 Å². The maximum atomic E-state index is 12.6. The van der Waals surface area contributed by atoms with Crippen LogP contribution in [-0.2, 0) is 9.53 Å². The Labute approximate surface area is 137 Å². The third-order valence-corrected chi connectivity index (χ3v) is 4.24. The molecule has 1 aliphatic heterocycles. The number of carbonyl (C=O) groups is 1. The smallest absolute Gasteiger partial charge is 0.232 e. The molecule has 0 aliphatic carbocycles. The lowest BCUT2D eigenvalue weighted by atomic mass is 9.79. The number of nitrogens with two attached hydrogens (primary N) is 1. The van der Waals surface area contributed by atoms with Crippen molar-refractivity contribution in [1.82, 2.24) is 4.90 Å². The molecule has 1 saturated heterocycles. The highest BCUT2D eigenvalue weighted by Crippen LogP contribution is 2.31. The van der Waals surface area contributed by atoms with Gasteiger partial charge in [-0.2, -0.15) is 0 Å². The van der Waals surface area contributed by atoms with E-state index in [-0.39, 0.29) is 5.91 Å². The van der Waals surface area contributed by atoms with Gasteiger partial charge in [0.25, 0.3) is 0 Å². The Balaban J connectivity index is 1.90. The first-order valence-electron chi connectivity index (χ1n) is 8.03. The molecule has 1 heterocycles. The summed E-state index contributed by atoms with van der Waals surface area (Å²) in [5.74, 6) is 0.772. The minimum Gasteiger partial charge on any atom is -0.492 e. The van der Waals surface area contributed by atoms with E-state index in [1.165, 1.54) is 0 Å². The molecule has 1 amide bonds. The van der Waals surface area contributed by atoms with Crippen LogP contribution in [0.2, 0.25) is 0 Å². The third-order valence-electron chi connectivity index (χ3n) is 4.24. The van der Waals surface area contributed by atoms with Crippen LogP contribution in [0.5, 0.6) is 5.75 Å². The summed E-state index contributed by atoms with van der Waals surface area (Å²) in [4.78, 5) is 14.6. The number of amides is 1. The van der Waals surface area contributed by atoms with Crippen molar-refractivity contribution in [2.24, 2.45) is 11.1 Å². The number of ether oxygens (including phenoxy) is 2. The summed E-state index contributed by atoms with van der Waals surface area (Å²) in [6, 6.07) is 7.44. The first-order chi connectivity index (χ1) is 11.1. The van der Waals surface area contributed by atoms with Crippen LogP contribution < -0.4 is 15.8 Å².